The zero-order chi connectivity index (χ0) is 27.1. The third-order valence-electron chi connectivity index (χ3n) is 6.44. The quantitative estimate of drug-likeness (QED) is 0.528. The van der Waals surface area contributed by atoms with Gasteiger partial charge in [-0.15, -0.1) is 0 Å². The maximum atomic E-state index is 13.3. The van der Waals surface area contributed by atoms with Crippen LogP contribution in [0.15, 0.2) is 18.2 Å². The lowest BCUT2D eigenvalue weighted by atomic mass is 9.78. The molecule has 1 amide bonds. The summed E-state index contributed by atoms with van der Waals surface area (Å²) in [6.07, 6.45) is -21.4. The van der Waals surface area contributed by atoms with Gasteiger partial charge in [0.25, 0.3) is 6.10 Å². The number of nitrogens with zero attached hydrogens (tertiary/aromatic N) is 2. The summed E-state index contributed by atoms with van der Waals surface area (Å²) in [5.74, 6) is -1.71. The number of carboxylic acid groups (broad SMARTS) is 1. The van der Waals surface area contributed by atoms with Crippen molar-refractivity contribution in [1.29, 1.82) is 0 Å². The summed E-state index contributed by atoms with van der Waals surface area (Å²) in [5, 5.41) is 9.00. The van der Waals surface area contributed by atoms with E-state index < -0.39 is 53.2 Å². The predicted molar refractivity (Wildman–Crippen MR) is 104 cm³/mol. The number of alkyl halides is 9. The SMILES string of the molecule is O=C(O)c1ccc(CN2CCC3(CCN(C(=O)OC(C(F)(F)F)C(F)(F)F)CC3)C2)cc1C(F)(F)F. The van der Waals surface area contributed by atoms with Crippen LogP contribution >= 0.6 is 0 Å². The van der Waals surface area contributed by atoms with E-state index in [0.29, 0.717) is 19.5 Å². The largest absolute Gasteiger partial charge is 0.478 e. The molecule has 2 aliphatic heterocycles. The number of rotatable bonds is 4. The highest BCUT2D eigenvalue weighted by atomic mass is 19.4. The number of carbonyl (C=O) groups is 2. The molecule has 1 aromatic carbocycles. The summed E-state index contributed by atoms with van der Waals surface area (Å²) in [5.41, 5.74) is -2.33. The van der Waals surface area contributed by atoms with Crippen molar-refractivity contribution in [2.45, 2.75) is 50.4 Å². The molecule has 2 aliphatic rings. The number of hydrogen-bond donors (Lipinski definition) is 1. The number of piperidine rings is 1. The monoisotopic (exact) mass is 536 g/mol. The summed E-state index contributed by atoms with van der Waals surface area (Å²) in [6.45, 7) is 0.638. The van der Waals surface area contributed by atoms with Crippen LogP contribution in [-0.4, -0.2) is 71.6 Å². The highest BCUT2D eigenvalue weighted by Crippen LogP contribution is 2.42. The highest BCUT2D eigenvalue weighted by molar-refractivity contribution is 5.89. The van der Waals surface area contributed by atoms with Crippen LogP contribution in [0.1, 0.15) is 40.7 Å². The smallest absolute Gasteiger partial charge is 0.434 e. The molecule has 0 aliphatic carbocycles. The Kier molecular flexibility index (Phi) is 7.46. The lowest BCUT2D eigenvalue weighted by molar-refractivity contribution is -0.308. The van der Waals surface area contributed by atoms with Crippen LogP contribution in [0.5, 0.6) is 0 Å². The minimum absolute atomic E-state index is 0.0787. The maximum Gasteiger partial charge on any atom is 0.434 e. The molecule has 0 saturated carbocycles. The van der Waals surface area contributed by atoms with Gasteiger partial charge < -0.3 is 14.7 Å². The molecule has 1 aromatic rings. The number of ether oxygens (including phenoxy) is 1. The first-order chi connectivity index (χ1) is 16.4. The number of benzene rings is 1. The first kappa shape index (κ1) is 27.9. The van der Waals surface area contributed by atoms with Gasteiger partial charge in [0, 0.05) is 26.2 Å². The van der Waals surface area contributed by atoms with Crippen LogP contribution in [0.2, 0.25) is 0 Å². The first-order valence-corrected chi connectivity index (χ1v) is 10.7. The molecule has 3 rings (SSSR count). The second kappa shape index (κ2) is 9.63. The van der Waals surface area contributed by atoms with Gasteiger partial charge >= 0.3 is 30.6 Å². The van der Waals surface area contributed by atoms with Crippen LogP contribution in [0.25, 0.3) is 0 Å². The number of carbonyl (C=O) groups excluding carboxylic acids is 1. The summed E-state index contributed by atoms with van der Waals surface area (Å²) in [6, 6.07) is 2.93. The minimum atomic E-state index is -5.81. The Bertz CT molecular complexity index is 969. The minimum Gasteiger partial charge on any atom is -0.478 e. The number of aromatic carboxylic acids is 1. The Morgan fingerprint density at radius 1 is 0.944 bits per heavy atom. The molecule has 36 heavy (non-hydrogen) atoms. The van der Waals surface area contributed by atoms with E-state index in [1.807, 2.05) is 4.90 Å². The molecule has 0 radical (unpaired) electrons. The third-order valence-corrected chi connectivity index (χ3v) is 6.44. The predicted octanol–water partition coefficient (Wildman–Crippen LogP) is 5.32. The van der Waals surface area contributed by atoms with Gasteiger partial charge in [0.15, 0.2) is 0 Å². The number of carboxylic acids is 1. The summed E-state index contributed by atoms with van der Waals surface area (Å²) < 4.78 is 119. The number of halogens is 9. The molecule has 2 fully saturated rings. The van der Waals surface area contributed by atoms with E-state index in [-0.39, 0.29) is 38.0 Å². The fourth-order valence-corrected chi connectivity index (χ4v) is 4.60. The maximum absolute atomic E-state index is 13.3. The van der Waals surface area contributed by atoms with E-state index in [2.05, 4.69) is 4.74 Å². The van der Waals surface area contributed by atoms with Gasteiger partial charge in [0.1, 0.15) is 0 Å². The molecule has 0 aromatic heterocycles. The molecule has 1 spiro atoms. The van der Waals surface area contributed by atoms with Crippen molar-refractivity contribution in [2.24, 2.45) is 5.41 Å². The molecule has 1 N–H and O–H groups in total. The molecule has 0 atom stereocenters. The molecule has 6 nitrogen and oxygen atoms in total. The van der Waals surface area contributed by atoms with E-state index in [4.69, 9.17) is 5.11 Å². The topological polar surface area (TPSA) is 70.1 Å². The second-order valence-corrected chi connectivity index (χ2v) is 8.98. The summed E-state index contributed by atoms with van der Waals surface area (Å²) in [7, 11) is 0. The average Bonchev–Trinajstić information content (AvgIpc) is 3.11. The normalized spacial score (nSPS) is 19.2. The van der Waals surface area contributed by atoms with Crippen LogP contribution in [0.3, 0.4) is 0 Å². The van der Waals surface area contributed by atoms with Crippen LogP contribution in [-0.2, 0) is 17.5 Å². The standard InChI is InChI=1S/C21H21F9N2O4/c22-19(23,24)14-9-12(1-2-13(14)15(33)34)10-31-6-3-18(11-31)4-7-32(8-5-18)17(35)36-16(20(25,26)27)21(28,29)30/h1-2,9,16H,3-8,10-11H2,(H,33,34). The molecule has 202 valence electrons. The molecule has 2 saturated heterocycles. The second-order valence-electron chi connectivity index (χ2n) is 8.98. The summed E-state index contributed by atoms with van der Waals surface area (Å²) >= 11 is 0. The Morgan fingerprint density at radius 3 is 2.00 bits per heavy atom. The van der Waals surface area contributed by atoms with E-state index >= 15 is 0 Å². The van der Waals surface area contributed by atoms with E-state index in [1.165, 1.54) is 6.07 Å². The van der Waals surface area contributed by atoms with Gasteiger partial charge in [0.2, 0.25) is 0 Å². The third kappa shape index (κ3) is 6.34. The zero-order valence-corrected chi connectivity index (χ0v) is 18.4. The Balaban J connectivity index is 1.60. The van der Waals surface area contributed by atoms with Crippen molar-refractivity contribution in [3.8, 4) is 0 Å². The molecule has 2 heterocycles. The van der Waals surface area contributed by atoms with Gasteiger partial charge in [-0.05, 0) is 48.9 Å². The molecule has 0 bridgehead atoms. The Morgan fingerprint density at radius 2 is 1.50 bits per heavy atom. The van der Waals surface area contributed by atoms with Gasteiger partial charge in [-0.25, -0.2) is 9.59 Å². The van der Waals surface area contributed by atoms with Gasteiger partial charge in [-0.1, -0.05) is 6.07 Å². The van der Waals surface area contributed by atoms with Crippen molar-refractivity contribution in [1.82, 2.24) is 9.80 Å². The van der Waals surface area contributed by atoms with Gasteiger partial charge in [0.05, 0.1) is 11.1 Å². The first-order valence-electron chi connectivity index (χ1n) is 10.7. The van der Waals surface area contributed by atoms with E-state index in [9.17, 15) is 49.1 Å². The Hall–Kier alpha value is -2.71. The lowest BCUT2D eigenvalue weighted by Gasteiger charge is -2.39. The van der Waals surface area contributed by atoms with Crippen molar-refractivity contribution in [3.05, 3.63) is 34.9 Å². The molecular formula is C21H21F9N2O4. The summed E-state index contributed by atoms with van der Waals surface area (Å²) in [4.78, 5) is 25.7. The van der Waals surface area contributed by atoms with E-state index in [1.54, 1.807) is 0 Å². The van der Waals surface area contributed by atoms with Crippen molar-refractivity contribution < 1.29 is 58.9 Å². The van der Waals surface area contributed by atoms with Crippen molar-refractivity contribution in [3.63, 3.8) is 0 Å². The highest BCUT2D eigenvalue weighted by Gasteiger charge is 2.60. The van der Waals surface area contributed by atoms with Crippen LogP contribution < -0.4 is 0 Å². The zero-order valence-electron chi connectivity index (χ0n) is 18.4. The molecule has 0 unspecified atom stereocenters. The number of hydrogen-bond acceptors (Lipinski definition) is 4. The van der Waals surface area contributed by atoms with Crippen molar-refractivity contribution in [2.75, 3.05) is 26.2 Å². The fraction of sp³-hybridized carbons (Fsp3) is 0.619. The average molecular weight is 536 g/mol. The van der Waals surface area contributed by atoms with Gasteiger partial charge in [-0.3, -0.25) is 4.90 Å². The van der Waals surface area contributed by atoms with Crippen molar-refractivity contribution >= 4 is 12.1 Å². The van der Waals surface area contributed by atoms with E-state index in [0.717, 1.165) is 17.0 Å². The Labute approximate surface area is 198 Å². The van der Waals surface area contributed by atoms with Crippen LogP contribution in [0, 0.1) is 5.41 Å². The molecular weight excluding hydrogens is 515 g/mol. The van der Waals surface area contributed by atoms with Crippen LogP contribution in [0.4, 0.5) is 44.3 Å². The number of amides is 1. The number of likely N-dealkylation sites (tertiary alicyclic amines) is 2. The van der Waals surface area contributed by atoms with Gasteiger partial charge in [-0.2, -0.15) is 39.5 Å². The fourth-order valence-electron chi connectivity index (χ4n) is 4.60. The lowest BCUT2D eigenvalue weighted by Crippen LogP contribution is -2.50. The molecule has 15 heteroatoms.